The van der Waals surface area contributed by atoms with Crippen LogP contribution in [0.3, 0.4) is 0 Å². The number of nitro benzene ring substituents is 1. The highest BCUT2D eigenvalue weighted by molar-refractivity contribution is 6.35. The van der Waals surface area contributed by atoms with Crippen molar-refractivity contribution >= 4 is 40.7 Å². The van der Waals surface area contributed by atoms with Crippen molar-refractivity contribution in [3.63, 3.8) is 0 Å². The number of non-ortho nitro benzene ring substituents is 1. The Labute approximate surface area is 187 Å². The first-order valence-electron chi connectivity index (χ1n) is 9.23. The average molecular weight is 456 g/mol. The second-order valence-electron chi connectivity index (χ2n) is 6.84. The lowest BCUT2D eigenvalue weighted by Gasteiger charge is -2.13. The maximum atomic E-state index is 12.7. The number of rotatable bonds is 5. The molecular formula is C23H15Cl2NO5. The van der Waals surface area contributed by atoms with Gasteiger partial charge in [-0.2, -0.15) is 0 Å². The van der Waals surface area contributed by atoms with Crippen LogP contribution >= 0.6 is 23.2 Å². The lowest BCUT2D eigenvalue weighted by molar-refractivity contribution is -0.384. The number of carbonyl (C=O) groups is 1. The molecule has 0 spiro atoms. The summed E-state index contributed by atoms with van der Waals surface area (Å²) in [5.74, 6) is 0.829. The predicted molar refractivity (Wildman–Crippen MR) is 118 cm³/mol. The zero-order chi connectivity index (χ0) is 22.1. The van der Waals surface area contributed by atoms with Gasteiger partial charge in [0, 0.05) is 33.3 Å². The zero-order valence-electron chi connectivity index (χ0n) is 16.2. The third-order valence-electron chi connectivity index (χ3n) is 4.87. The Balaban J connectivity index is 1.57. The first-order chi connectivity index (χ1) is 14.8. The lowest BCUT2D eigenvalue weighted by Crippen LogP contribution is -2.00. The number of ether oxygens (including phenoxy) is 2. The molecule has 1 aliphatic rings. The minimum absolute atomic E-state index is 0.0274. The predicted octanol–water partition coefficient (Wildman–Crippen LogP) is 6.41. The lowest BCUT2D eigenvalue weighted by atomic mass is 10.1. The van der Waals surface area contributed by atoms with Gasteiger partial charge >= 0.3 is 0 Å². The van der Waals surface area contributed by atoms with Gasteiger partial charge in [0.05, 0.1) is 10.5 Å². The summed E-state index contributed by atoms with van der Waals surface area (Å²) in [5, 5.41) is 11.8. The van der Waals surface area contributed by atoms with E-state index in [0.717, 1.165) is 0 Å². The van der Waals surface area contributed by atoms with E-state index < -0.39 is 4.92 Å². The number of hydrogen-bond acceptors (Lipinski definition) is 5. The van der Waals surface area contributed by atoms with Crippen LogP contribution in [-0.2, 0) is 6.61 Å². The Morgan fingerprint density at radius 3 is 2.39 bits per heavy atom. The third-order valence-corrected chi connectivity index (χ3v) is 5.58. The minimum Gasteiger partial charge on any atom is -0.488 e. The van der Waals surface area contributed by atoms with Gasteiger partial charge in [0.1, 0.15) is 18.1 Å². The number of hydrogen-bond donors (Lipinski definition) is 0. The van der Waals surface area contributed by atoms with E-state index in [1.54, 1.807) is 55.5 Å². The van der Waals surface area contributed by atoms with Crippen LogP contribution in [0, 0.1) is 17.0 Å². The summed E-state index contributed by atoms with van der Waals surface area (Å²) >= 11 is 12.4. The fourth-order valence-electron chi connectivity index (χ4n) is 3.19. The molecular weight excluding hydrogens is 441 g/mol. The Morgan fingerprint density at radius 2 is 1.74 bits per heavy atom. The molecule has 0 atom stereocenters. The molecule has 0 aromatic heterocycles. The number of allylic oxidation sites excluding steroid dienone is 1. The molecule has 3 aromatic carbocycles. The molecule has 3 aromatic rings. The van der Waals surface area contributed by atoms with Gasteiger partial charge in [0.15, 0.2) is 5.76 Å². The molecule has 6 nitrogen and oxygen atoms in total. The smallest absolute Gasteiger partial charge is 0.269 e. The first kappa shape index (κ1) is 20.9. The summed E-state index contributed by atoms with van der Waals surface area (Å²) in [6.07, 6.45) is 1.55. The van der Waals surface area contributed by atoms with E-state index in [1.807, 2.05) is 0 Å². The maximum Gasteiger partial charge on any atom is 0.269 e. The standard InChI is InChI=1S/C23H15Cl2NO5/c1-13-20(30-12-17-18(24)3-2-4-19(17)25)10-9-16-22(27)21(31-23(13)16)11-14-5-7-15(8-6-14)26(28)29/h2-11H,12H2,1H3/b21-11-. The Kier molecular flexibility index (Phi) is 5.67. The summed E-state index contributed by atoms with van der Waals surface area (Å²) in [6, 6.07) is 14.4. The molecule has 0 fully saturated rings. The van der Waals surface area contributed by atoms with Crippen molar-refractivity contribution in [2.75, 3.05) is 0 Å². The van der Waals surface area contributed by atoms with Crippen LogP contribution in [0.25, 0.3) is 6.08 Å². The number of fused-ring (bicyclic) bond motifs is 1. The van der Waals surface area contributed by atoms with Gasteiger partial charge in [-0.15, -0.1) is 0 Å². The van der Waals surface area contributed by atoms with Crippen molar-refractivity contribution in [2.24, 2.45) is 0 Å². The number of Topliss-reactive ketones (excluding diaryl/α,β-unsaturated/α-hetero) is 1. The molecule has 156 valence electrons. The van der Waals surface area contributed by atoms with Gasteiger partial charge < -0.3 is 9.47 Å². The Bertz CT molecular complexity index is 1220. The van der Waals surface area contributed by atoms with Gasteiger partial charge in [-0.05, 0) is 55.0 Å². The molecule has 1 heterocycles. The van der Waals surface area contributed by atoms with Crippen LogP contribution in [0.15, 0.2) is 60.4 Å². The van der Waals surface area contributed by atoms with E-state index in [1.165, 1.54) is 12.1 Å². The molecule has 0 bridgehead atoms. The molecule has 0 aliphatic carbocycles. The molecule has 1 aliphatic heterocycles. The second kappa shape index (κ2) is 8.41. The molecule has 0 saturated carbocycles. The largest absolute Gasteiger partial charge is 0.488 e. The highest BCUT2D eigenvalue weighted by Gasteiger charge is 2.30. The number of halogens is 2. The van der Waals surface area contributed by atoms with Crippen molar-refractivity contribution in [1.82, 2.24) is 0 Å². The van der Waals surface area contributed by atoms with Crippen molar-refractivity contribution in [3.05, 3.63) is 103 Å². The molecule has 0 unspecified atom stereocenters. The molecule has 31 heavy (non-hydrogen) atoms. The molecule has 0 amide bonds. The average Bonchev–Trinajstić information content (AvgIpc) is 3.06. The third kappa shape index (κ3) is 4.13. The van der Waals surface area contributed by atoms with Crippen LogP contribution in [0.2, 0.25) is 10.0 Å². The monoisotopic (exact) mass is 455 g/mol. The van der Waals surface area contributed by atoms with E-state index in [9.17, 15) is 14.9 Å². The summed E-state index contributed by atoms with van der Waals surface area (Å²) in [5.41, 5.74) is 2.35. The van der Waals surface area contributed by atoms with Crippen LogP contribution in [0.5, 0.6) is 11.5 Å². The van der Waals surface area contributed by atoms with Gasteiger partial charge in [-0.3, -0.25) is 14.9 Å². The molecule has 0 radical (unpaired) electrons. The van der Waals surface area contributed by atoms with Crippen LogP contribution in [0.1, 0.15) is 27.0 Å². The van der Waals surface area contributed by atoms with E-state index in [0.29, 0.717) is 43.8 Å². The Morgan fingerprint density at radius 1 is 1.06 bits per heavy atom. The van der Waals surface area contributed by atoms with Crippen molar-refractivity contribution in [3.8, 4) is 11.5 Å². The van der Waals surface area contributed by atoms with E-state index in [-0.39, 0.29) is 23.8 Å². The Hall–Kier alpha value is -3.35. The fourth-order valence-corrected chi connectivity index (χ4v) is 3.69. The summed E-state index contributed by atoms with van der Waals surface area (Å²) in [7, 11) is 0. The minimum atomic E-state index is -0.481. The van der Waals surface area contributed by atoms with Crippen molar-refractivity contribution in [2.45, 2.75) is 13.5 Å². The van der Waals surface area contributed by atoms with Gasteiger partial charge in [0.2, 0.25) is 5.78 Å². The van der Waals surface area contributed by atoms with Crippen LogP contribution in [0.4, 0.5) is 5.69 Å². The summed E-state index contributed by atoms with van der Waals surface area (Å²) in [4.78, 5) is 23.0. The SMILES string of the molecule is Cc1c(OCc2c(Cl)cccc2Cl)ccc2c1O/C(=C\c1ccc([N+](=O)[O-])cc1)C2=O. The zero-order valence-corrected chi connectivity index (χ0v) is 17.7. The number of benzene rings is 3. The number of ketones is 1. The number of nitro groups is 1. The fraction of sp³-hybridized carbons (Fsp3) is 0.0870. The topological polar surface area (TPSA) is 78.7 Å². The van der Waals surface area contributed by atoms with Gasteiger partial charge in [-0.1, -0.05) is 29.3 Å². The molecule has 0 saturated heterocycles. The highest BCUT2D eigenvalue weighted by atomic mass is 35.5. The summed E-state index contributed by atoms with van der Waals surface area (Å²) in [6.45, 7) is 1.96. The highest BCUT2D eigenvalue weighted by Crippen LogP contribution is 2.40. The quantitative estimate of drug-likeness (QED) is 0.252. The van der Waals surface area contributed by atoms with Crippen molar-refractivity contribution in [1.29, 1.82) is 0 Å². The molecule has 0 N–H and O–H groups in total. The van der Waals surface area contributed by atoms with E-state index in [2.05, 4.69) is 0 Å². The maximum absolute atomic E-state index is 12.7. The van der Waals surface area contributed by atoms with Gasteiger partial charge in [0.25, 0.3) is 5.69 Å². The summed E-state index contributed by atoms with van der Waals surface area (Å²) < 4.78 is 11.7. The van der Waals surface area contributed by atoms with Crippen LogP contribution in [-0.4, -0.2) is 10.7 Å². The normalized spacial score (nSPS) is 13.8. The number of carbonyl (C=O) groups excluding carboxylic acids is 1. The first-order valence-corrected chi connectivity index (χ1v) is 9.98. The van der Waals surface area contributed by atoms with E-state index >= 15 is 0 Å². The number of nitrogens with zero attached hydrogens (tertiary/aromatic N) is 1. The van der Waals surface area contributed by atoms with E-state index in [4.69, 9.17) is 32.7 Å². The van der Waals surface area contributed by atoms with Crippen LogP contribution < -0.4 is 9.47 Å². The van der Waals surface area contributed by atoms with Gasteiger partial charge in [-0.25, -0.2) is 0 Å². The molecule has 8 heteroatoms. The second-order valence-corrected chi connectivity index (χ2v) is 7.66. The van der Waals surface area contributed by atoms with Crippen molar-refractivity contribution < 1.29 is 19.2 Å². The molecule has 4 rings (SSSR count).